The summed E-state index contributed by atoms with van der Waals surface area (Å²) in [5.74, 6) is 0.800. The highest BCUT2D eigenvalue weighted by molar-refractivity contribution is 7.21. The van der Waals surface area contributed by atoms with E-state index >= 15 is 0 Å². The van der Waals surface area contributed by atoms with Gasteiger partial charge in [-0.2, -0.15) is 5.10 Å². The molecule has 180 valence electrons. The highest BCUT2D eigenvalue weighted by atomic mass is 32.1. The minimum atomic E-state index is 0.800. The zero-order chi connectivity index (χ0) is 25.1. The fraction of sp³-hybridized carbons (Fsp3) is 0. The van der Waals surface area contributed by atoms with Gasteiger partial charge >= 0.3 is 0 Å². The summed E-state index contributed by atoms with van der Waals surface area (Å²) in [6.45, 7) is 0. The Bertz CT molecular complexity index is 2030. The summed E-state index contributed by atoms with van der Waals surface area (Å²) in [5, 5.41) is 10.1. The topological polar surface area (TPSA) is 86.0 Å². The maximum Gasteiger partial charge on any atom is 0.139 e. The number of H-pyrrole nitrogens is 3. The third-order valence-corrected chi connectivity index (χ3v) is 8.01. The van der Waals surface area contributed by atoms with Crippen molar-refractivity contribution in [3.63, 3.8) is 0 Å². The number of imidazole rings is 1. The summed E-state index contributed by atoms with van der Waals surface area (Å²) in [5.41, 5.74) is 9.85. The number of aromatic amines is 3. The predicted octanol–water partition coefficient (Wildman–Crippen LogP) is 8.05. The molecule has 0 aliphatic carbocycles. The van der Waals surface area contributed by atoms with E-state index in [0.29, 0.717) is 0 Å². The summed E-state index contributed by atoms with van der Waals surface area (Å²) in [7, 11) is 0. The van der Waals surface area contributed by atoms with E-state index in [1.807, 2.05) is 42.6 Å². The van der Waals surface area contributed by atoms with Crippen molar-refractivity contribution < 1.29 is 0 Å². The third kappa shape index (κ3) is 3.22. The summed E-state index contributed by atoms with van der Waals surface area (Å²) in [4.78, 5) is 17.1. The van der Waals surface area contributed by atoms with E-state index in [4.69, 9.17) is 15.1 Å². The normalized spacial score (nSPS) is 11.7. The molecule has 0 saturated heterocycles. The van der Waals surface area contributed by atoms with Crippen LogP contribution in [-0.2, 0) is 0 Å². The van der Waals surface area contributed by atoms with Crippen molar-refractivity contribution in [2.45, 2.75) is 0 Å². The molecule has 0 unspecified atom stereocenters. The fourth-order valence-corrected chi connectivity index (χ4v) is 6.24. The van der Waals surface area contributed by atoms with Gasteiger partial charge in [0.25, 0.3) is 0 Å². The Labute approximate surface area is 221 Å². The highest BCUT2D eigenvalue weighted by Crippen LogP contribution is 2.47. The van der Waals surface area contributed by atoms with Crippen LogP contribution < -0.4 is 0 Å². The van der Waals surface area contributed by atoms with E-state index in [9.17, 15) is 0 Å². The van der Waals surface area contributed by atoms with E-state index in [1.54, 1.807) is 11.3 Å². The van der Waals surface area contributed by atoms with Crippen LogP contribution in [0.15, 0.2) is 103 Å². The largest absolute Gasteiger partial charge is 0.361 e. The van der Waals surface area contributed by atoms with Crippen LogP contribution in [0, 0.1) is 0 Å². The van der Waals surface area contributed by atoms with Crippen LogP contribution in [-0.4, -0.2) is 30.1 Å². The molecule has 0 saturated carbocycles. The molecule has 4 aromatic carbocycles. The van der Waals surface area contributed by atoms with E-state index in [2.05, 4.69) is 75.7 Å². The Hall–Kier alpha value is -5.01. The van der Waals surface area contributed by atoms with Gasteiger partial charge in [0.2, 0.25) is 0 Å². The fourth-order valence-electron chi connectivity index (χ4n) is 5.20. The van der Waals surface area contributed by atoms with Crippen LogP contribution >= 0.6 is 11.3 Å². The van der Waals surface area contributed by atoms with E-state index in [0.717, 1.165) is 76.6 Å². The van der Waals surface area contributed by atoms with E-state index in [1.165, 1.54) is 0 Å². The molecular weight excluding hydrogens is 488 g/mol. The molecule has 38 heavy (non-hydrogen) atoms. The second-order valence-electron chi connectivity index (χ2n) is 9.20. The lowest BCUT2D eigenvalue weighted by molar-refractivity contribution is 1.12. The van der Waals surface area contributed by atoms with Crippen LogP contribution in [0.25, 0.3) is 76.6 Å². The van der Waals surface area contributed by atoms with Crippen molar-refractivity contribution in [1.29, 1.82) is 0 Å². The molecule has 0 aliphatic rings. The molecule has 8 rings (SSSR count). The SMILES string of the molecule is c1c[nH]c(-c2ccc(-c3nc4ccccc4[nH]3)c(-c3n[nH]c4ccccc34)c2-c2nc3ccccc3s2)c1. The Morgan fingerprint density at radius 1 is 0.632 bits per heavy atom. The standard InChI is InChI=1S/C31H20N6S/c1-2-9-22-19(8-1)29(37-36-22)27-20(30-33-23-10-3-4-11-24(23)34-30)16-15-18(21-13-7-17-32-21)28(27)31-35-25-12-5-6-14-26(25)38-31/h1-17,32H,(H,33,34)(H,36,37). The maximum atomic E-state index is 5.12. The van der Waals surface area contributed by atoms with E-state index in [-0.39, 0.29) is 0 Å². The van der Waals surface area contributed by atoms with Gasteiger partial charge in [0.1, 0.15) is 16.5 Å². The molecule has 0 spiro atoms. The van der Waals surface area contributed by atoms with Crippen molar-refractivity contribution in [3.8, 4) is 44.5 Å². The summed E-state index contributed by atoms with van der Waals surface area (Å²) in [6.07, 6.45) is 1.95. The first-order valence-electron chi connectivity index (χ1n) is 12.4. The first-order chi connectivity index (χ1) is 18.8. The van der Waals surface area contributed by atoms with Crippen molar-refractivity contribution >= 4 is 43.5 Å². The molecule has 4 aromatic heterocycles. The average molecular weight is 509 g/mol. The summed E-state index contributed by atoms with van der Waals surface area (Å²) in [6, 6.07) is 33.1. The van der Waals surface area contributed by atoms with Crippen molar-refractivity contribution in [2.24, 2.45) is 0 Å². The van der Waals surface area contributed by atoms with Gasteiger partial charge < -0.3 is 9.97 Å². The van der Waals surface area contributed by atoms with Crippen molar-refractivity contribution in [2.75, 3.05) is 0 Å². The first kappa shape index (κ1) is 21.1. The number of para-hydroxylation sites is 4. The number of aromatic nitrogens is 6. The second kappa shape index (κ2) is 8.26. The van der Waals surface area contributed by atoms with Crippen LogP contribution in [0.2, 0.25) is 0 Å². The molecule has 0 atom stereocenters. The van der Waals surface area contributed by atoms with Crippen LogP contribution in [0.4, 0.5) is 0 Å². The number of hydrogen-bond donors (Lipinski definition) is 3. The van der Waals surface area contributed by atoms with E-state index < -0.39 is 0 Å². The predicted molar refractivity (Wildman–Crippen MR) is 155 cm³/mol. The molecule has 0 amide bonds. The zero-order valence-corrected chi connectivity index (χ0v) is 20.9. The monoisotopic (exact) mass is 508 g/mol. The molecule has 4 heterocycles. The number of hydrogen-bond acceptors (Lipinski definition) is 4. The lowest BCUT2D eigenvalue weighted by Gasteiger charge is -2.16. The van der Waals surface area contributed by atoms with Gasteiger partial charge in [-0.15, -0.1) is 11.3 Å². The van der Waals surface area contributed by atoms with Gasteiger partial charge in [-0.05, 0) is 48.5 Å². The number of fused-ring (bicyclic) bond motifs is 3. The average Bonchev–Trinajstić information content (AvgIpc) is 3.77. The number of benzene rings is 4. The van der Waals surface area contributed by atoms with Gasteiger partial charge in [0.05, 0.1) is 26.8 Å². The first-order valence-corrected chi connectivity index (χ1v) is 13.2. The molecule has 6 nitrogen and oxygen atoms in total. The number of nitrogens with zero attached hydrogens (tertiary/aromatic N) is 3. The van der Waals surface area contributed by atoms with Gasteiger partial charge in [-0.3, -0.25) is 5.10 Å². The Morgan fingerprint density at radius 3 is 2.26 bits per heavy atom. The molecular formula is C31H20N6S. The van der Waals surface area contributed by atoms with Crippen LogP contribution in [0.5, 0.6) is 0 Å². The van der Waals surface area contributed by atoms with Gasteiger partial charge in [-0.1, -0.05) is 48.5 Å². The number of thiazole rings is 1. The summed E-state index contributed by atoms with van der Waals surface area (Å²) >= 11 is 1.69. The Balaban J connectivity index is 1.53. The zero-order valence-electron chi connectivity index (χ0n) is 20.1. The highest BCUT2D eigenvalue weighted by Gasteiger charge is 2.26. The van der Waals surface area contributed by atoms with Gasteiger partial charge in [-0.25, -0.2) is 9.97 Å². The van der Waals surface area contributed by atoms with Crippen LogP contribution in [0.1, 0.15) is 0 Å². The maximum absolute atomic E-state index is 5.12. The minimum absolute atomic E-state index is 0.800. The number of nitrogens with one attached hydrogen (secondary N) is 3. The lowest BCUT2D eigenvalue weighted by atomic mass is 9.91. The molecule has 0 aliphatic heterocycles. The number of rotatable bonds is 4. The molecule has 0 fully saturated rings. The molecule has 0 radical (unpaired) electrons. The molecule has 0 bridgehead atoms. The molecule has 8 aromatic rings. The van der Waals surface area contributed by atoms with Gasteiger partial charge in [0.15, 0.2) is 0 Å². The van der Waals surface area contributed by atoms with Crippen LogP contribution in [0.3, 0.4) is 0 Å². The molecule has 7 heteroatoms. The van der Waals surface area contributed by atoms with Crippen molar-refractivity contribution in [1.82, 2.24) is 30.1 Å². The quantitative estimate of drug-likeness (QED) is 0.225. The second-order valence-corrected chi connectivity index (χ2v) is 10.2. The van der Waals surface area contributed by atoms with Gasteiger partial charge in [0, 0.05) is 39.5 Å². The Kier molecular flexibility index (Phi) is 4.59. The molecule has 3 N–H and O–H groups in total. The smallest absolute Gasteiger partial charge is 0.139 e. The summed E-state index contributed by atoms with van der Waals surface area (Å²) < 4.78 is 1.15. The van der Waals surface area contributed by atoms with Crippen molar-refractivity contribution in [3.05, 3.63) is 103 Å². The minimum Gasteiger partial charge on any atom is -0.361 e. The Morgan fingerprint density at radius 2 is 1.42 bits per heavy atom. The lowest BCUT2D eigenvalue weighted by Crippen LogP contribution is -1.96. The third-order valence-electron chi connectivity index (χ3n) is 6.95.